The van der Waals surface area contributed by atoms with Crippen LogP contribution in [-0.2, 0) is 36.4 Å². The number of aryl methyl sites for hydroxylation is 1. The summed E-state index contributed by atoms with van der Waals surface area (Å²) in [4.78, 5) is 20.2. The maximum absolute atomic E-state index is 14.2. The van der Waals surface area contributed by atoms with Gasteiger partial charge in [0.15, 0.2) is 5.75 Å². The molecular formula is C36H33F9N3NaO4. The Hall–Kier alpha value is -4.02. The fourth-order valence-electron chi connectivity index (χ4n) is 5.50. The molecule has 0 bridgehead atoms. The largest absolute Gasteiger partial charge is 1.00 e. The summed E-state index contributed by atoms with van der Waals surface area (Å²) < 4.78 is 136. The smallest absolute Gasteiger partial charge is 0.550 e. The van der Waals surface area contributed by atoms with E-state index in [9.17, 15) is 49.4 Å². The molecular weight excluding hydrogens is 732 g/mol. The number of hydrogen-bond donors (Lipinski definition) is 0. The molecule has 0 saturated carbocycles. The van der Waals surface area contributed by atoms with Crippen LogP contribution in [-0.4, -0.2) is 29.7 Å². The van der Waals surface area contributed by atoms with E-state index in [1.54, 1.807) is 18.2 Å². The number of rotatable bonds is 13. The molecule has 1 aromatic heterocycles. The van der Waals surface area contributed by atoms with Crippen LogP contribution in [0.4, 0.5) is 45.5 Å². The summed E-state index contributed by atoms with van der Waals surface area (Å²) in [5, 5.41) is 10.7. The van der Waals surface area contributed by atoms with E-state index in [1.807, 2.05) is 13.8 Å². The summed E-state index contributed by atoms with van der Waals surface area (Å²) in [6.07, 6.45) is -13.1. The van der Waals surface area contributed by atoms with Gasteiger partial charge in [0, 0.05) is 24.6 Å². The van der Waals surface area contributed by atoms with Crippen LogP contribution in [0.1, 0.15) is 71.6 Å². The van der Waals surface area contributed by atoms with Crippen molar-refractivity contribution in [2.75, 3.05) is 18.6 Å². The van der Waals surface area contributed by atoms with Gasteiger partial charge in [-0.05, 0) is 96.0 Å². The van der Waals surface area contributed by atoms with E-state index in [0.717, 1.165) is 35.0 Å². The summed E-state index contributed by atoms with van der Waals surface area (Å²) in [6.45, 7) is 3.98. The van der Waals surface area contributed by atoms with Crippen LogP contribution in [0.2, 0.25) is 0 Å². The second-order valence-electron chi connectivity index (χ2n) is 12.3. The molecule has 4 aromatic rings. The molecule has 3 aromatic carbocycles. The predicted octanol–water partition coefficient (Wildman–Crippen LogP) is 5.76. The van der Waals surface area contributed by atoms with Gasteiger partial charge in [-0.3, -0.25) is 0 Å². The number of ether oxygens (including phenoxy) is 2. The number of carboxylic acid groups (broad SMARTS) is 1. The number of carboxylic acids is 1. The quantitative estimate of drug-likeness (QED) is 0.0973. The van der Waals surface area contributed by atoms with Crippen molar-refractivity contribution in [1.29, 1.82) is 0 Å². The molecule has 0 saturated heterocycles. The van der Waals surface area contributed by atoms with Crippen molar-refractivity contribution in [1.82, 2.24) is 9.97 Å². The van der Waals surface area contributed by atoms with E-state index in [4.69, 9.17) is 9.47 Å². The number of nitrogens with zero attached hydrogens (tertiary/aromatic N) is 3. The van der Waals surface area contributed by atoms with Crippen LogP contribution in [0.15, 0.2) is 60.9 Å². The van der Waals surface area contributed by atoms with Crippen molar-refractivity contribution >= 4 is 11.9 Å². The van der Waals surface area contributed by atoms with Gasteiger partial charge < -0.3 is 24.3 Å². The number of carbonyl (C=O) groups excluding carboxylic acids is 1. The number of alkyl halides is 9. The maximum Gasteiger partial charge on any atom is 1.00 e. The topological polar surface area (TPSA) is 87.6 Å². The first-order valence-electron chi connectivity index (χ1n) is 15.7. The van der Waals surface area contributed by atoms with Gasteiger partial charge in [-0.1, -0.05) is 19.9 Å². The van der Waals surface area contributed by atoms with Crippen molar-refractivity contribution in [2.45, 2.75) is 71.1 Å². The Morgan fingerprint density at radius 1 is 0.830 bits per heavy atom. The van der Waals surface area contributed by atoms with Crippen LogP contribution < -0.4 is 49.0 Å². The zero-order valence-corrected chi connectivity index (χ0v) is 31.3. The molecule has 0 atom stereocenters. The average Bonchev–Trinajstić information content (AvgIpc) is 3.05. The van der Waals surface area contributed by atoms with Gasteiger partial charge in [0.05, 0.1) is 42.8 Å². The normalized spacial score (nSPS) is 12.0. The Kier molecular flexibility index (Phi) is 14.3. The molecule has 4 rings (SSSR count). The third-order valence-electron chi connectivity index (χ3n) is 7.98. The van der Waals surface area contributed by atoms with E-state index < -0.39 is 59.8 Å². The summed E-state index contributed by atoms with van der Waals surface area (Å²) in [5.74, 6) is -1.21. The molecule has 0 radical (unpaired) electrons. The maximum atomic E-state index is 14.2. The van der Waals surface area contributed by atoms with Gasteiger partial charge in [0.2, 0.25) is 5.95 Å². The zero-order valence-electron chi connectivity index (χ0n) is 29.3. The van der Waals surface area contributed by atoms with Crippen LogP contribution in [0, 0.1) is 6.92 Å². The molecule has 0 fully saturated rings. The van der Waals surface area contributed by atoms with Crippen molar-refractivity contribution in [3.05, 3.63) is 99.9 Å². The van der Waals surface area contributed by atoms with Crippen LogP contribution >= 0.6 is 0 Å². The average molecular weight is 766 g/mol. The minimum atomic E-state index is -5.16. The van der Waals surface area contributed by atoms with E-state index in [0.29, 0.717) is 29.0 Å². The van der Waals surface area contributed by atoms with Gasteiger partial charge >= 0.3 is 48.1 Å². The number of methoxy groups -OCH3 is 1. The molecule has 0 N–H and O–H groups in total. The zero-order chi connectivity index (χ0) is 38.6. The SMILES string of the molecule is COc1ccc(C(C)C)cc1-c1c(C)cc(C(F)(F)F)cc1CN(Cc1cc(C(F)(F)F)cc(C(F)(F)F)c1)c1ncc(OCCCC(=O)[O-])cn1.[Na+]. The Labute approximate surface area is 321 Å². The van der Waals surface area contributed by atoms with Gasteiger partial charge in [-0.2, -0.15) is 39.5 Å². The van der Waals surface area contributed by atoms with Gasteiger partial charge in [-0.25, -0.2) is 9.97 Å². The molecule has 0 amide bonds. The number of aliphatic carboxylic acids is 1. The molecule has 0 aliphatic heterocycles. The molecule has 17 heteroatoms. The molecule has 0 unspecified atom stereocenters. The van der Waals surface area contributed by atoms with Crippen molar-refractivity contribution in [2.24, 2.45) is 0 Å². The molecule has 0 aliphatic rings. The molecule has 0 aliphatic carbocycles. The van der Waals surface area contributed by atoms with Crippen molar-refractivity contribution in [3.8, 4) is 22.6 Å². The number of carbonyl (C=O) groups is 1. The summed E-state index contributed by atoms with van der Waals surface area (Å²) >= 11 is 0. The second kappa shape index (κ2) is 17.4. The number of anilines is 1. The fourth-order valence-corrected chi connectivity index (χ4v) is 5.50. The van der Waals surface area contributed by atoms with E-state index in [1.165, 1.54) is 14.0 Å². The Balaban J connectivity index is 0.00000756. The minimum absolute atomic E-state index is 0. The first kappa shape index (κ1) is 43.4. The third-order valence-corrected chi connectivity index (χ3v) is 7.98. The molecule has 7 nitrogen and oxygen atoms in total. The number of benzene rings is 3. The summed E-state index contributed by atoms with van der Waals surface area (Å²) in [5.41, 5.74) is -2.97. The van der Waals surface area contributed by atoms with Crippen LogP contribution in [0.25, 0.3) is 11.1 Å². The second-order valence-corrected chi connectivity index (χ2v) is 12.3. The Bertz CT molecular complexity index is 1850. The monoisotopic (exact) mass is 765 g/mol. The third kappa shape index (κ3) is 11.5. The Morgan fingerprint density at radius 2 is 1.40 bits per heavy atom. The number of halogens is 9. The first-order valence-corrected chi connectivity index (χ1v) is 15.7. The molecule has 280 valence electrons. The van der Waals surface area contributed by atoms with Gasteiger partial charge in [0.1, 0.15) is 5.75 Å². The van der Waals surface area contributed by atoms with E-state index in [2.05, 4.69) is 9.97 Å². The molecule has 0 spiro atoms. The summed E-state index contributed by atoms with van der Waals surface area (Å²) in [6, 6.07) is 8.00. The number of hydrogen-bond acceptors (Lipinski definition) is 7. The Morgan fingerprint density at radius 3 is 1.91 bits per heavy atom. The van der Waals surface area contributed by atoms with Crippen molar-refractivity contribution in [3.63, 3.8) is 0 Å². The van der Waals surface area contributed by atoms with Crippen molar-refractivity contribution < 1.29 is 88.4 Å². The van der Waals surface area contributed by atoms with Crippen LogP contribution in [0.5, 0.6) is 11.5 Å². The minimum Gasteiger partial charge on any atom is -0.550 e. The fraction of sp³-hybridized carbons (Fsp3) is 0.361. The first-order chi connectivity index (χ1) is 24.2. The summed E-state index contributed by atoms with van der Waals surface area (Å²) in [7, 11) is 1.38. The standard InChI is InChI=1S/C36H34F9N3O4.Na/c1-20(2)23-7-8-30(51-4)29(14-23)32-21(3)10-25(34(37,38)39)13-24(32)19-48(33-46-16-28(17-47-33)52-9-5-6-31(49)50)18-22-11-26(35(40,41)42)15-27(12-22)36(43,44)45;/h7-8,10-17,20H,5-6,9,18-19H2,1-4H3,(H,49,50);/q;+1/p-1. The predicted molar refractivity (Wildman–Crippen MR) is 170 cm³/mol. The molecule has 53 heavy (non-hydrogen) atoms. The van der Waals surface area contributed by atoms with E-state index >= 15 is 0 Å². The van der Waals surface area contributed by atoms with E-state index in [-0.39, 0.29) is 83.8 Å². The number of aromatic nitrogens is 2. The van der Waals surface area contributed by atoms with Gasteiger partial charge in [0.25, 0.3) is 0 Å². The van der Waals surface area contributed by atoms with Gasteiger partial charge in [-0.15, -0.1) is 0 Å². The van der Waals surface area contributed by atoms with Crippen LogP contribution in [0.3, 0.4) is 0 Å². The molecule has 1 heterocycles.